The van der Waals surface area contributed by atoms with Crippen LogP contribution in [0.25, 0.3) is 0 Å². The number of nitrogens with one attached hydrogen (secondary N) is 1. The van der Waals surface area contributed by atoms with Gasteiger partial charge in [0.15, 0.2) is 0 Å². The fourth-order valence-corrected chi connectivity index (χ4v) is 8.34. The number of amides is 3. The van der Waals surface area contributed by atoms with Crippen molar-refractivity contribution in [1.29, 1.82) is 0 Å². The molecule has 2 aromatic rings. The average molecular weight is 699 g/mol. The molecule has 0 saturated carbocycles. The Hall–Kier alpha value is -4.36. The molecule has 0 bridgehead atoms. The Labute approximate surface area is 298 Å². The number of carbonyl (C=O) groups excluding carboxylic acids is 4. The topological polar surface area (TPSA) is 138 Å². The van der Waals surface area contributed by atoms with Crippen LogP contribution in [0, 0.1) is 11.8 Å². The first-order chi connectivity index (χ1) is 24.8. The minimum Gasteiger partial charge on any atom is -0.455 e. The maximum absolute atomic E-state index is 15.0. The normalized spacial score (nSPS) is 32.8. The number of aliphatic hydroxyl groups excluding tert-OH is 1. The van der Waals surface area contributed by atoms with Crippen molar-refractivity contribution >= 4 is 23.7 Å². The Balaban J connectivity index is 1.30. The van der Waals surface area contributed by atoms with Gasteiger partial charge in [-0.05, 0) is 24.5 Å². The number of aliphatic hydroxyl groups is 1. The number of cyclic esters (lactones) is 1. The number of allylic oxidation sites excluding steroid dienone is 1. The molecule has 51 heavy (non-hydrogen) atoms. The zero-order chi connectivity index (χ0) is 35.5. The van der Waals surface area contributed by atoms with Gasteiger partial charge in [0.1, 0.15) is 23.7 Å². The van der Waals surface area contributed by atoms with Gasteiger partial charge in [-0.2, -0.15) is 0 Å². The molecule has 2 aromatic carbocycles. The number of carbonyl (C=O) groups is 4. The number of hydrogen-bond donors (Lipinski definition) is 2. The molecule has 0 aromatic heterocycles. The first kappa shape index (κ1) is 35.1. The van der Waals surface area contributed by atoms with Crippen molar-refractivity contribution in [3.05, 3.63) is 96.1 Å². The van der Waals surface area contributed by atoms with Gasteiger partial charge >= 0.3 is 5.97 Å². The number of benzene rings is 2. The van der Waals surface area contributed by atoms with Gasteiger partial charge in [-0.1, -0.05) is 85.0 Å². The van der Waals surface area contributed by atoms with Gasteiger partial charge < -0.3 is 34.4 Å². The largest absolute Gasteiger partial charge is 0.455 e. The summed E-state index contributed by atoms with van der Waals surface area (Å²) in [5.74, 6) is -3.84. The van der Waals surface area contributed by atoms with Crippen LogP contribution in [-0.4, -0.2) is 120 Å². The Kier molecular flexibility index (Phi) is 10.4. The third-order valence-electron chi connectivity index (χ3n) is 10.8. The number of esters is 1. The second-order valence-electron chi connectivity index (χ2n) is 13.9. The maximum Gasteiger partial charge on any atom is 0.313 e. The van der Waals surface area contributed by atoms with Crippen LogP contribution in [0.15, 0.2) is 85.0 Å². The number of fused-ring (bicyclic) bond motifs is 2. The number of ether oxygens (including phenoxy) is 3. The van der Waals surface area contributed by atoms with Crippen molar-refractivity contribution in [2.75, 3.05) is 52.5 Å². The third kappa shape index (κ3) is 6.73. The molecule has 3 saturated heterocycles. The number of nitrogens with zero attached hydrogens (tertiary/aromatic N) is 3. The molecule has 1 spiro atoms. The van der Waals surface area contributed by atoms with Crippen molar-refractivity contribution in [2.45, 2.75) is 55.7 Å². The minimum absolute atomic E-state index is 0.180. The molecule has 0 radical (unpaired) electrons. The highest BCUT2D eigenvalue weighted by Crippen LogP contribution is 2.55. The molecule has 0 unspecified atom stereocenters. The van der Waals surface area contributed by atoms with Gasteiger partial charge in [0.05, 0.1) is 43.9 Å². The van der Waals surface area contributed by atoms with Crippen LogP contribution in [0.1, 0.15) is 43.0 Å². The Morgan fingerprint density at radius 1 is 0.941 bits per heavy atom. The van der Waals surface area contributed by atoms with E-state index in [0.29, 0.717) is 50.4 Å². The summed E-state index contributed by atoms with van der Waals surface area (Å²) >= 11 is 0. The molecule has 12 heteroatoms. The van der Waals surface area contributed by atoms with E-state index in [9.17, 15) is 19.5 Å². The van der Waals surface area contributed by atoms with Crippen LogP contribution >= 0.6 is 0 Å². The lowest BCUT2D eigenvalue weighted by molar-refractivity contribution is -0.162. The average Bonchev–Trinajstić information content (AvgIpc) is 3.54. The molecular weight excluding hydrogens is 652 g/mol. The molecule has 5 heterocycles. The number of likely N-dealkylation sites (tertiary alicyclic amines) is 1. The first-order valence-corrected chi connectivity index (χ1v) is 18.0. The summed E-state index contributed by atoms with van der Waals surface area (Å²) in [6.45, 7) is 5.50. The lowest BCUT2D eigenvalue weighted by atomic mass is 9.77. The van der Waals surface area contributed by atoms with Crippen LogP contribution < -0.4 is 5.32 Å². The SMILES string of the molecule is C[C@H]1NC(=O)CC/C=C\[C@H]2O[C@]34C=CCN(CCN5CCOCC5)C(=O)[C@H]3N([C@H](CO)c3ccccc3)C(=O)[C@@H]4[C@H]2C(=O)O[C@@H]1c1ccccc1. The van der Waals surface area contributed by atoms with Crippen LogP contribution in [0.4, 0.5) is 0 Å². The maximum atomic E-state index is 15.0. The van der Waals surface area contributed by atoms with Gasteiger partial charge in [-0.3, -0.25) is 24.1 Å². The van der Waals surface area contributed by atoms with Gasteiger partial charge in [0.2, 0.25) is 17.7 Å². The zero-order valence-corrected chi connectivity index (χ0v) is 28.8. The van der Waals surface area contributed by atoms with E-state index >= 15 is 4.79 Å². The Morgan fingerprint density at radius 3 is 2.39 bits per heavy atom. The van der Waals surface area contributed by atoms with Crippen LogP contribution in [0.2, 0.25) is 0 Å². The standard InChI is InChI=1S/C39H46N4O8/c1-26-34(28-13-6-3-7-14-28)50-38(48)32-30(15-8-9-16-31(45)40-26)51-39-17-10-18-42(20-19-41-21-23-49-24-22-41)37(47)35(39)43(36(46)33(32)39)29(25-44)27-11-4-2-5-12-27/h2-8,10-15,17,26,29-30,32-35,44H,9,16,18-25H2,1H3,(H,40,45)/b15-8-/t26-,29-,30-,32+,33+,34+,35-,39+/m1/s1. The molecule has 270 valence electrons. The fraction of sp³-hybridized carbons (Fsp3) is 0.487. The summed E-state index contributed by atoms with van der Waals surface area (Å²) in [6.07, 6.45) is 6.01. The molecule has 3 fully saturated rings. The minimum atomic E-state index is -1.52. The van der Waals surface area contributed by atoms with E-state index in [4.69, 9.17) is 14.2 Å². The second kappa shape index (κ2) is 15.1. The highest BCUT2D eigenvalue weighted by molar-refractivity contribution is 5.99. The van der Waals surface area contributed by atoms with Crippen molar-refractivity contribution in [2.24, 2.45) is 11.8 Å². The monoisotopic (exact) mass is 698 g/mol. The molecule has 0 aliphatic carbocycles. The summed E-state index contributed by atoms with van der Waals surface area (Å²) < 4.78 is 18.7. The van der Waals surface area contributed by atoms with E-state index in [1.165, 1.54) is 4.90 Å². The van der Waals surface area contributed by atoms with Crippen LogP contribution in [-0.2, 0) is 33.4 Å². The summed E-state index contributed by atoms with van der Waals surface area (Å²) in [4.78, 5) is 62.8. The molecular formula is C39H46N4O8. The number of morpholine rings is 1. The van der Waals surface area contributed by atoms with Gasteiger partial charge in [-0.25, -0.2) is 0 Å². The summed E-state index contributed by atoms with van der Waals surface area (Å²) in [7, 11) is 0. The molecule has 5 aliphatic heterocycles. The predicted molar refractivity (Wildman–Crippen MR) is 186 cm³/mol. The van der Waals surface area contributed by atoms with E-state index in [1.807, 2.05) is 66.7 Å². The lowest BCUT2D eigenvalue weighted by Crippen LogP contribution is -2.57. The highest BCUT2D eigenvalue weighted by atomic mass is 16.6. The fourth-order valence-electron chi connectivity index (χ4n) is 8.34. The van der Waals surface area contributed by atoms with E-state index in [-0.39, 0.29) is 18.2 Å². The van der Waals surface area contributed by atoms with E-state index < -0.39 is 66.3 Å². The quantitative estimate of drug-likeness (QED) is 0.329. The molecule has 8 atom stereocenters. The molecule has 12 nitrogen and oxygen atoms in total. The van der Waals surface area contributed by atoms with Crippen molar-refractivity contribution in [3.8, 4) is 0 Å². The smallest absolute Gasteiger partial charge is 0.313 e. The zero-order valence-electron chi connectivity index (χ0n) is 28.8. The Bertz CT molecular complexity index is 1650. The second-order valence-corrected chi connectivity index (χ2v) is 13.9. The van der Waals surface area contributed by atoms with E-state index in [1.54, 1.807) is 30.1 Å². The summed E-state index contributed by atoms with van der Waals surface area (Å²) in [5.41, 5.74) is -0.167. The van der Waals surface area contributed by atoms with Crippen molar-refractivity contribution in [1.82, 2.24) is 20.0 Å². The van der Waals surface area contributed by atoms with Crippen molar-refractivity contribution < 1.29 is 38.5 Å². The predicted octanol–water partition coefficient (Wildman–Crippen LogP) is 2.17. The summed E-state index contributed by atoms with van der Waals surface area (Å²) in [5, 5.41) is 13.8. The van der Waals surface area contributed by atoms with E-state index in [2.05, 4.69) is 10.2 Å². The highest BCUT2D eigenvalue weighted by Gasteiger charge is 2.72. The third-order valence-corrected chi connectivity index (χ3v) is 10.8. The van der Waals surface area contributed by atoms with E-state index in [0.717, 1.165) is 13.1 Å². The Morgan fingerprint density at radius 2 is 1.67 bits per heavy atom. The first-order valence-electron chi connectivity index (χ1n) is 18.0. The van der Waals surface area contributed by atoms with Gasteiger partial charge in [0, 0.05) is 39.1 Å². The molecule has 3 amide bonds. The van der Waals surface area contributed by atoms with Gasteiger partial charge in [0.25, 0.3) is 0 Å². The van der Waals surface area contributed by atoms with Gasteiger partial charge in [-0.15, -0.1) is 0 Å². The van der Waals surface area contributed by atoms with Crippen molar-refractivity contribution in [3.63, 3.8) is 0 Å². The molecule has 2 N–H and O–H groups in total. The number of rotatable bonds is 7. The summed E-state index contributed by atoms with van der Waals surface area (Å²) in [6, 6.07) is 15.7. The molecule has 5 aliphatic rings. The van der Waals surface area contributed by atoms with Crippen LogP contribution in [0.3, 0.4) is 0 Å². The molecule has 7 rings (SSSR count). The van der Waals surface area contributed by atoms with Crippen LogP contribution in [0.5, 0.6) is 0 Å². The number of hydrogen-bond acceptors (Lipinski definition) is 9. The lowest BCUT2D eigenvalue weighted by Gasteiger charge is -2.39.